The number of ether oxygens (including phenoxy) is 1. The summed E-state index contributed by atoms with van der Waals surface area (Å²) in [5, 5.41) is 30.1. The number of fused-ring (bicyclic) bond motifs is 1. The third kappa shape index (κ3) is 5.08. The Kier molecular flexibility index (Phi) is 7.78. The van der Waals surface area contributed by atoms with E-state index in [9.17, 15) is 28.0 Å². The van der Waals surface area contributed by atoms with Crippen LogP contribution in [-0.4, -0.2) is 68.4 Å². The largest absolute Gasteiger partial charge is 2.00 e. The molecule has 0 aliphatic heterocycles. The van der Waals surface area contributed by atoms with Crippen LogP contribution in [0, 0.1) is 0 Å². The number of hydrogen-bond donors (Lipinski definition) is 1. The zero-order chi connectivity index (χ0) is 21.2. The van der Waals surface area contributed by atoms with Crippen LogP contribution < -0.4 is 9.84 Å². The zero-order valence-electron chi connectivity index (χ0n) is 15.7. The Morgan fingerprint density at radius 3 is 2.47 bits per heavy atom. The maximum absolute atomic E-state index is 12.5. The first-order valence-electron chi connectivity index (χ1n) is 8.33. The summed E-state index contributed by atoms with van der Waals surface area (Å²) < 4.78 is 40.0. The number of carboxylic acids is 1. The molecule has 0 radical (unpaired) electrons. The molecule has 9 nitrogen and oxygen atoms in total. The molecule has 0 spiro atoms. The van der Waals surface area contributed by atoms with Crippen LogP contribution in [0.25, 0.3) is 10.8 Å². The van der Waals surface area contributed by atoms with Crippen LogP contribution in [0.15, 0.2) is 63.7 Å². The third-order valence-electron chi connectivity index (χ3n) is 3.98. The van der Waals surface area contributed by atoms with Crippen molar-refractivity contribution in [3.63, 3.8) is 0 Å². The Labute approximate surface area is 201 Å². The molecule has 0 amide bonds. The third-order valence-corrected chi connectivity index (χ3v) is 4.84. The molecule has 0 saturated heterocycles. The average molecular weight is 454 g/mol. The van der Waals surface area contributed by atoms with Crippen molar-refractivity contribution in [2.75, 3.05) is 6.61 Å². The van der Waals surface area contributed by atoms with Gasteiger partial charge in [0.25, 0.3) is 0 Å². The fraction of sp³-hybridized carbons (Fsp3) is 0.105. The SMILES string of the molecule is CCOc1ccc(N=Nc2c([O-])c(C(=O)O)cc3ccccc23)c(S(=O)(=O)[O-])c1.[Ca+2]. The van der Waals surface area contributed by atoms with Crippen LogP contribution >= 0.6 is 0 Å². The smallest absolute Gasteiger partial charge is 0.870 e. The first-order chi connectivity index (χ1) is 13.7. The van der Waals surface area contributed by atoms with Crippen molar-refractivity contribution in [2.24, 2.45) is 10.2 Å². The second-order valence-electron chi connectivity index (χ2n) is 5.84. The Balaban J connectivity index is 0.00000320. The van der Waals surface area contributed by atoms with Gasteiger partial charge in [-0.25, -0.2) is 13.2 Å². The molecular weight excluding hydrogens is 440 g/mol. The first kappa shape index (κ1) is 24.0. The summed E-state index contributed by atoms with van der Waals surface area (Å²) in [6, 6.07) is 11.3. The van der Waals surface area contributed by atoms with Gasteiger partial charge in [0.15, 0.2) is 0 Å². The predicted molar refractivity (Wildman–Crippen MR) is 106 cm³/mol. The summed E-state index contributed by atoms with van der Waals surface area (Å²) in [6.45, 7) is 1.95. The Morgan fingerprint density at radius 1 is 1.13 bits per heavy atom. The van der Waals surface area contributed by atoms with Crippen molar-refractivity contribution in [3.05, 3.63) is 54.1 Å². The molecule has 30 heavy (non-hydrogen) atoms. The predicted octanol–water partition coefficient (Wildman–Crippen LogP) is 2.95. The summed E-state index contributed by atoms with van der Waals surface area (Å²) >= 11 is 0. The van der Waals surface area contributed by atoms with Gasteiger partial charge in [-0.3, -0.25) is 0 Å². The van der Waals surface area contributed by atoms with Crippen molar-refractivity contribution in [1.82, 2.24) is 0 Å². The van der Waals surface area contributed by atoms with Crippen LogP contribution in [-0.2, 0) is 10.1 Å². The van der Waals surface area contributed by atoms with E-state index in [0.29, 0.717) is 10.8 Å². The van der Waals surface area contributed by atoms with E-state index in [1.54, 1.807) is 31.2 Å². The van der Waals surface area contributed by atoms with Gasteiger partial charge in [0.05, 0.1) is 22.8 Å². The van der Waals surface area contributed by atoms with Gasteiger partial charge < -0.3 is 19.5 Å². The van der Waals surface area contributed by atoms with E-state index in [4.69, 9.17) is 4.74 Å². The zero-order valence-corrected chi connectivity index (χ0v) is 18.8. The molecule has 150 valence electrons. The molecule has 0 fully saturated rings. The maximum atomic E-state index is 12.5. The minimum atomic E-state index is -4.91. The molecule has 0 aliphatic carbocycles. The van der Waals surface area contributed by atoms with Gasteiger partial charge in [0.1, 0.15) is 21.6 Å². The molecule has 0 aliphatic rings. The van der Waals surface area contributed by atoms with Gasteiger partial charge in [-0.05, 0) is 36.6 Å². The van der Waals surface area contributed by atoms with Crippen LogP contribution in [0.2, 0.25) is 0 Å². The van der Waals surface area contributed by atoms with Crippen LogP contribution in [0.3, 0.4) is 0 Å². The number of azo groups is 1. The second-order valence-corrected chi connectivity index (χ2v) is 7.19. The summed E-state index contributed by atoms with van der Waals surface area (Å²) in [6.07, 6.45) is 0. The number of benzene rings is 3. The second kappa shape index (κ2) is 9.71. The maximum Gasteiger partial charge on any atom is 2.00 e. The van der Waals surface area contributed by atoms with E-state index in [2.05, 4.69) is 10.2 Å². The molecule has 0 aromatic heterocycles. The van der Waals surface area contributed by atoms with E-state index in [1.807, 2.05) is 0 Å². The number of hydrogen-bond acceptors (Lipinski definition) is 8. The molecule has 3 rings (SSSR count). The number of nitrogens with zero attached hydrogens (tertiary/aromatic N) is 2. The molecule has 0 atom stereocenters. The van der Waals surface area contributed by atoms with Gasteiger partial charge in [0, 0.05) is 5.39 Å². The molecule has 0 bridgehead atoms. The van der Waals surface area contributed by atoms with Crippen LogP contribution in [0.1, 0.15) is 17.3 Å². The number of rotatable bonds is 6. The van der Waals surface area contributed by atoms with E-state index in [0.717, 1.165) is 6.07 Å². The molecule has 11 heteroatoms. The quantitative estimate of drug-likeness (QED) is 0.341. The van der Waals surface area contributed by atoms with Crippen molar-refractivity contribution >= 4 is 76.0 Å². The summed E-state index contributed by atoms with van der Waals surface area (Å²) in [5.74, 6) is -2.15. The minimum Gasteiger partial charge on any atom is -0.870 e. The number of aromatic carboxylic acids is 1. The first-order valence-corrected chi connectivity index (χ1v) is 9.73. The topological polar surface area (TPSA) is 152 Å². The van der Waals surface area contributed by atoms with Gasteiger partial charge in [-0.1, -0.05) is 30.0 Å². The fourth-order valence-corrected chi connectivity index (χ4v) is 3.33. The van der Waals surface area contributed by atoms with Gasteiger partial charge in [0.2, 0.25) is 0 Å². The number of carbonyl (C=O) groups is 1. The molecule has 0 unspecified atom stereocenters. The van der Waals surface area contributed by atoms with Gasteiger partial charge >= 0.3 is 43.7 Å². The van der Waals surface area contributed by atoms with Crippen molar-refractivity contribution in [1.29, 1.82) is 0 Å². The van der Waals surface area contributed by atoms with Crippen LogP contribution in [0.4, 0.5) is 11.4 Å². The normalized spacial score (nSPS) is 11.4. The Bertz CT molecular complexity index is 1240. The molecular formula is C19H14CaN2O7S. The van der Waals surface area contributed by atoms with E-state index >= 15 is 0 Å². The van der Waals surface area contributed by atoms with E-state index in [-0.39, 0.29) is 61.5 Å². The van der Waals surface area contributed by atoms with Gasteiger partial charge in [-0.2, -0.15) is 5.11 Å². The minimum absolute atomic E-state index is 0. The standard InChI is InChI=1S/C19H16N2O7S.Ca/c1-2-28-12-7-8-15(16(10-12)29(25,26)27)20-21-17-13-6-4-3-5-11(13)9-14(18(17)22)19(23)24;/h3-10,22H,2H2,1H3,(H,23,24)(H,25,26,27);/q;+2/p-2. The van der Waals surface area contributed by atoms with E-state index in [1.165, 1.54) is 18.2 Å². The monoisotopic (exact) mass is 454 g/mol. The molecule has 3 aromatic carbocycles. The van der Waals surface area contributed by atoms with Crippen molar-refractivity contribution < 1.29 is 32.7 Å². The summed E-state index contributed by atoms with van der Waals surface area (Å²) in [7, 11) is -4.91. The van der Waals surface area contributed by atoms with Gasteiger partial charge in [-0.15, -0.1) is 5.11 Å². The summed E-state index contributed by atoms with van der Waals surface area (Å²) in [5.41, 5.74) is -1.07. The molecule has 0 heterocycles. The molecule has 1 N–H and O–H groups in total. The Morgan fingerprint density at radius 2 is 1.83 bits per heavy atom. The average Bonchev–Trinajstić information content (AvgIpc) is 2.67. The Hall–Kier alpha value is -2.24. The fourth-order valence-electron chi connectivity index (χ4n) is 2.71. The van der Waals surface area contributed by atoms with E-state index < -0.39 is 32.3 Å². The number of carboxylic acid groups (broad SMARTS) is 1. The molecule has 3 aromatic rings. The van der Waals surface area contributed by atoms with Crippen molar-refractivity contribution in [3.8, 4) is 11.5 Å². The summed E-state index contributed by atoms with van der Waals surface area (Å²) in [4.78, 5) is 10.7. The van der Waals surface area contributed by atoms with Crippen LogP contribution in [0.5, 0.6) is 11.5 Å². The van der Waals surface area contributed by atoms with Crippen molar-refractivity contribution in [2.45, 2.75) is 11.8 Å². The molecule has 0 saturated carbocycles.